The molecule has 1 aliphatic rings. The zero-order valence-electron chi connectivity index (χ0n) is 13.5. The van der Waals surface area contributed by atoms with E-state index in [1.165, 1.54) is 29.5 Å². The standard InChI is InChI=1S/C17H16F3NO4S/c18-17(19,20)25-13-3-1-2-12(7-13)14-9-21(4-5-24-14)8-11-6-15(16(22)23)26-10-11/h1-3,6-7,10,14H,4-5,8-9H2,(H,22,23). The van der Waals surface area contributed by atoms with Crippen molar-refractivity contribution in [1.29, 1.82) is 0 Å². The van der Waals surface area contributed by atoms with Gasteiger partial charge in [-0.1, -0.05) is 12.1 Å². The van der Waals surface area contributed by atoms with Gasteiger partial charge in [0.2, 0.25) is 0 Å². The molecule has 1 aromatic carbocycles. The zero-order valence-corrected chi connectivity index (χ0v) is 14.3. The molecule has 2 aromatic rings. The first-order chi connectivity index (χ1) is 12.3. The Bertz CT molecular complexity index is 777. The number of hydrogen-bond donors (Lipinski definition) is 1. The van der Waals surface area contributed by atoms with E-state index in [9.17, 15) is 18.0 Å². The van der Waals surface area contributed by atoms with E-state index in [0.717, 1.165) is 5.56 Å². The average molecular weight is 387 g/mol. The number of ether oxygens (including phenoxy) is 2. The van der Waals surface area contributed by atoms with E-state index in [1.54, 1.807) is 17.5 Å². The van der Waals surface area contributed by atoms with E-state index in [2.05, 4.69) is 9.64 Å². The van der Waals surface area contributed by atoms with E-state index in [-0.39, 0.29) is 16.7 Å². The van der Waals surface area contributed by atoms with Crippen LogP contribution in [0.1, 0.15) is 26.9 Å². The molecule has 140 valence electrons. The Morgan fingerprint density at radius 2 is 2.19 bits per heavy atom. The largest absolute Gasteiger partial charge is 0.573 e. The van der Waals surface area contributed by atoms with Crippen LogP contribution in [-0.4, -0.2) is 42.0 Å². The summed E-state index contributed by atoms with van der Waals surface area (Å²) in [5.41, 5.74) is 1.50. The number of halogens is 3. The molecular weight excluding hydrogens is 371 g/mol. The summed E-state index contributed by atoms with van der Waals surface area (Å²) in [5, 5.41) is 10.8. The molecule has 0 aliphatic carbocycles. The molecule has 0 bridgehead atoms. The summed E-state index contributed by atoms with van der Waals surface area (Å²) in [6.45, 7) is 2.15. The number of rotatable bonds is 5. The van der Waals surface area contributed by atoms with Crippen molar-refractivity contribution in [2.24, 2.45) is 0 Å². The Morgan fingerprint density at radius 3 is 2.88 bits per heavy atom. The quantitative estimate of drug-likeness (QED) is 0.843. The second kappa shape index (κ2) is 7.65. The van der Waals surface area contributed by atoms with E-state index < -0.39 is 12.3 Å². The third-order valence-corrected chi connectivity index (χ3v) is 4.85. The molecule has 1 unspecified atom stereocenters. The van der Waals surface area contributed by atoms with Crippen molar-refractivity contribution >= 4 is 17.3 Å². The van der Waals surface area contributed by atoms with Crippen LogP contribution >= 0.6 is 11.3 Å². The molecule has 0 saturated carbocycles. The lowest BCUT2D eigenvalue weighted by molar-refractivity contribution is -0.274. The van der Waals surface area contributed by atoms with Gasteiger partial charge in [-0.3, -0.25) is 4.90 Å². The number of aromatic carboxylic acids is 1. The van der Waals surface area contributed by atoms with Gasteiger partial charge in [0.1, 0.15) is 10.6 Å². The molecule has 1 N–H and O–H groups in total. The Hall–Kier alpha value is -2.10. The van der Waals surface area contributed by atoms with Gasteiger partial charge in [-0.2, -0.15) is 0 Å². The Labute approximate surface area is 151 Å². The molecular formula is C17H16F3NO4S. The molecule has 1 saturated heterocycles. The van der Waals surface area contributed by atoms with Crippen molar-refractivity contribution in [3.8, 4) is 5.75 Å². The first kappa shape index (κ1) is 18.7. The van der Waals surface area contributed by atoms with Crippen molar-refractivity contribution < 1.29 is 32.5 Å². The monoisotopic (exact) mass is 387 g/mol. The molecule has 1 fully saturated rings. The lowest BCUT2D eigenvalue weighted by atomic mass is 10.1. The van der Waals surface area contributed by atoms with Crippen LogP contribution in [0, 0.1) is 0 Å². The molecule has 1 atom stereocenters. The van der Waals surface area contributed by atoms with Crippen LogP contribution in [0.25, 0.3) is 0 Å². The van der Waals surface area contributed by atoms with Crippen molar-refractivity contribution in [3.05, 3.63) is 51.7 Å². The Balaban J connectivity index is 1.66. The second-order valence-corrected chi connectivity index (χ2v) is 6.75. The number of morpholine rings is 1. The predicted molar refractivity (Wildman–Crippen MR) is 88.4 cm³/mol. The maximum atomic E-state index is 12.4. The minimum absolute atomic E-state index is 0.278. The third kappa shape index (κ3) is 4.96. The first-order valence-corrected chi connectivity index (χ1v) is 8.68. The Morgan fingerprint density at radius 1 is 1.38 bits per heavy atom. The predicted octanol–water partition coefficient (Wildman–Crippen LogP) is 3.92. The summed E-state index contributed by atoms with van der Waals surface area (Å²) in [6, 6.07) is 7.40. The summed E-state index contributed by atoms with van der Waals surface area (Å²) in [4.78, 5) is 13.3. The number of benzene rings is 1. The fraction of sp³-hybridized carbons (Fsp3) is 0.353. The highest BCUT2D eigenvalue weighted by Gasteiger charge is 2.31. The van der Waals surface area contributed by atoms with Gasteiger partial charge in [-0.05, 0) is 34.7 Å². The second-order valence-electron chi connectivity index (χ2n) is 5.84. The molecule has 5 nitrogen and oxygen atoms in total. The summed E-state index contributed by atoms with van der Waals surface area (Å²) in [5.74, 6) is -1.23. The summed E-state index contributed by atoms with van der Waals surface area (Å²) in [7, 11) is 0. The fourth-order valence-electron chi connectivity index (χ4n) is 2.79. The molecule has 26 heavy (non-hydrogen) atoms. The van der Waals surface area contributed by atoms with Gasteiger partial charge in [0, 0.05) is 19.6 Å². The molecule has 9 heteroatoms. The van der Waals surface area contributed by atoms with Gasteiger partial charge >= 0.3 is 12.3 Å². The average Bonchev–Trinajstić information content (AvgIpc) is 3.02. The highest BCUT2D eigenvalue weighted by atomic mass is 32.1. The van der Waals surface area contributed by atoms with Crippen LogP contribution in [0.4, 0.5) is 13.2 Å². The molecule has 0 spiro atoms. The van der Waals surface area contributed by atoms with Crippen LogP contribution in [0.5, 0.6) is 5.75 Å². The number of nitrogens with zero attached hydrogens (tertiary/aromatic N) is 1. The number of carboxylic acids is 1. The highest BCUT2D eigenvalue weighted by molar-refractivity contribution is 7.12. The van der Waals surface area contributed by atoms with Crippen LogP contribution in [0.15, 0.2) is 35.7 Å². The summed E-state index contributed by atoms with van der Waals surface area (Å²) < 4.78 is 46.8. The lowest BCUT2D eigenvalue weighted by Crippen LogP contribution is -2.37. The summed E-state index contributed by atoms with van der Waals surface area (Å²) >= 11 is 1.17. The van der Waals surface area contributed by atoms with Gasteiger partial charge in [-0.15, -0.1) is 24.5 Å². The van der Waals surface area contributed by atoms with Gasteiger partial charge in [0.25, 0.3) is 0 Å². The maximum absolute atomic E-state index is 12.4. The lowest BCUT2D eigenvalue weighted by Gasteiger charge is -2.33. The molecule has 0 amide bonds. The topological polar surface area (TPSA) is 59.0 Å². The van der Waals surface area contributed by atoms with Crippen LogP contribution in [0.3, 0.4) is 0 Å². The number of carbonyl (C=O) groups is 1. The van der Waals surface area contributed by atoms with Crippen LogP contribution < -0.4 is 4.74 Å². The Kier molecular flexibility index (Phi) is 5.49. The van der Waals surface area contributed by atoms with Crippen molar-refractivity contribution in [1.82, 2.24) is 4.90 Å². The van der Waals surface area contributed by atoms with Crippen molar-refractivity contribution in [2.45, 2.75) is 19.0 Å². The minimum Gasteiger partial charge on any atom is -0.477 e. The molecule has 2 heterocycles. The van der Waals surface area contributed by atoms with Crippen molar-refractivity contribution in [3.63, 3.8) is 0 Å². The molecule has 3 rings (SSSR count). The van der Waals surface area contributed by atoms with Gasteiger partial charge in [0.15, 0.2) is 0 Å². The molecule has 1 aromatic heterocycles. The number of hydrogen-bond acceptors (Lipinski definition) is 5. The highest BCUT2D eigenvalue weighted by Crippen LogP contribution is 2.29. The van der Waals surface area contributed by atoms with Crippen molar-refractivity contribution in [2.75, 3.05) is 19.7 Å². The number of thiophene rings is 1. The smallest absolute Gasteiger partial charge is 0.477 e. The number of carboxylic acid groups (broad SMARTS) is 1. The molecule has 1 aliphatic heterocycles. The first-order valence-electron chi connectivity index (χ1n) is 7.80. The van der Waals surface area contributed by atoms with Crippen LogP contribution in [-0.2, 0) is 11.3 Å². The van der Waals surface area contributed by atoms with Gasteiger partial charge < -0.3 is 14.6 Å². The van der Waals surface area contributed by atoms with Gasteiger partial charge in [0.05, 0.1) is 12.7 Å². The van der Waals surface area contributed by atoms with Gasteiger partial charge in [-0.25, -0.2) is 4.79 Å². The summed E-state index contributed by atoms with van der Waals surface area (Å²) in [6.07, 6.45) is -5.11. The fourth-order valence-corrected chi connectivity index (χ4v) is 3.53. The van der Waals surface area contributed by atoms with E-state index in [1.807, 2.05) is 0 Å². The van der Waals surface area contributed by atoms with Crippen LogP contribution in [0.2, 0.25) is 0 Å². The third-order valence-electron chi connectivity index (χ3n) is 3.88. The normalized spacial score (nSPS) is 18.7. The zero-order chi connectivity index (χ0) is 18.7. The van der Waals surface area contributed by atoms with E-state index >= 15 is 0 Å². The van der Waals surface area contributed by atoms with E-state index in [0.29, 0.717) is 31.8 Å². The SMILES string of the molecule is O=C(O)c1cc(CN2CCOC(c3cccc(OC(F)(F)F)c3)C2)cs1. The van der Waals surface area contributed by atoms with E-state index in [4.69, 9.17) is 9.84 Å². The maximum Gasteiger partial charge on any atom is 0.573 e. The number of alkyl halides is 3. The minimum atomic E-state index is -4.74. The molecule has 0 radical (unpaired) electrons.